The van der Waals surface area contributed by atoms with Crippen LogP contribution in [0, 0.1) is 0 Å². The summed E-state index contributed by atoms with van der Waals surface area (Å²) in [7, 11) is 0. The molecule has 2 rings (SSSR count). The number of benzene rings is 1. The van der Waals surface area contributed by atoms with Crippen molar-refractivity contribution < 1.29 is 9.90 Å². The van der Waals surface area contributed by atoms with Gasteiger partial charge in [0.15, 0.2) is 6.10 Å². The molecule has 4 nitrogen and oxygen atoms in total. The summed E-state index contributed by atoms with van der Waals surface area (Å²) >= 11 is 6.25. The van der Waals surface area contributed by atoms with E-state index >= 15 is 0 Å². The Kier molecular flexibility index (Phi) is 3.50. The number of nitrogens with one attached hydrogen (secondary N) is 1. The summed E-state index contributed by atoms with van der Waals surface area (Å²) in [5.74, 6) is -0.397. The van der Waals surface area contributed by atoms with Gasteiger partial charge < -0.3 is 15.3 Å². The summed E-state index contributed by atoms with van der Waals surface area (Å²) < 4.78 is 0. The molecular weight excluding hydrogens is 252 g/mol. The third-order valence-corrected chi connectivity index (χ3v) is 3.50. The molecule has 0 aliphatic carbocycles. The van der Waals surface area contributed by atoms with Crippen LogP contribution < -0.4 is 10.2 Å². The fourth-order valence-corrected chi connectivity index (χ4v) is 2.57. The number of amides is 1. The quantitative estimate of drug-likeness (QED) is 0.886. The van der Waals surface area contributed by atoms with E-state index in [4.69, 9.17) is 11.6 Å². The number of carbonyl (C=O) groups is 1. The van der Waals surface area contributed by atoms with E-state index in [1.165, 1.54) is 0 Å². The lowest BCUT2D eigenvalue weighted by Gasteiger charge is -2.29. The van der Waals surface area contributed by atoms with Gasteiger partial charge in [0.1, 0.15) is 0 Å². The molecule has 1 heterocycles. The molecule has 5 heteroatoms. The maximum atomic E-state index is 11.4. The van der Waals surface area contributed by atoms with Crippen molar-refractivity contribution in [3.8, 4) is 0 Å². The fourth-order valence-electron chi connectivity index (χ4n) is 2.29. The number of halogens is 1. The second-order valence-electron chi connectivity index (χ2n) is 4.66. The summed E-state index contributed by atoms with van der Waals surface area (Å²) in [6.07, 6.45) is -1.11. The predicted octanol–water partition coefficient (Wildman–Crippen LogP) is 2.56. The molecule has 1 aliphatic heterocycles. The van der Waals surface area contributed by atoms with E-state index < -0.39 is 12.0 Å². The smallest absolute Gasteiger partial charge is 0.257 e. The number of anilines is 2. The van der Waals surface area contributed by atoms with Gasteiger partial charge in [-0.25, -0.2) is 0 Å². The Morgan fingerprint density at radius 3 is 2.72 bits per heavy atom. The van der Waals surface area contributed by atoms with Crippen LogP contribution in [-0.4, -0.2) is 23.6 Å². The molecule has 1 aromatic carbocycles. The Balaban J connectivity index is 2.47. The number of hydrogen-bond acceptors (Lipinski definition) is 3. The van der Waals surface area contributed by atoms with Crippen LogP contribution >= 0.6 is 11.6 Å². The number of fused-ring (bicyclic) bond motifs is 1. The second kappa shape index (κ2) is 4.78. The first-order valence-electron chi connectivity index (χ1n) is 6.04. The van der Waals surface area contributed by atoms with Gasteiger partial charge in [0.2, 0.25) is 0 Å². The summed E-state index contributed by atoms with van der Waals surface area (Å²) in [4.78, 5) is 13.5. The molecule has 0 aromatic heterocycles. The average molecular weight is 269 g/mol. The molecule has 0 bridgehead atoms. The molecule has 1 amide bonds. The molecule has 0 radical (unpaired) electrons. The normalized spacial score (nSPS) is 17.9. The molecule has 0 saturated heterocycles. The lowest BCUT2D eigenvalue weighted by molar-refractivity contribution is -0.123. The highest BCUT2D eigenvalue weighted by Gasteiger charge is 2.30. The SMILES string of the molecule is CCN(c1cc2c(cc1Cl)C(O)C(=O)N2)C(C)C. The minimum absolute atomic E-state index is 0.313. The van der Waals surface area contributed by atoms with Gasteiger partial charge in [0, 0.05) is 23.8 Å². The first kappa shape index (κ1) is 13.2. The molecule has 1 aromatic rings. The average Bonchev–Trinajstić information content (AvgIpc) is 2.56. The molecule has 1 unspecified atom stereocenters. The number of carbonyl (C=O) groups excluding carboxylic acids is 1. The highest BCUT2D eigenvalue weighted by Crippen LogP contribution is 2.39. The molecule has 98 valence electrons. The number of rotatable bonds is 3. The molecular formula is C13H17ClN2O2. The van der Waals surface area contributed by atoms with Crippen LogP contribution in [0.2, 0.25) is 5.02 Å². The largest absolute Gasteiger partial charge is 0.378 e. The summed E-state index contributed by atoms with van der Waals surface area (Å²) in [6, 6.07) is 3.81. The molecule has 0 spiro atoms. The zero-order valence-electron chi connectivity index (χ0n) is 10.7. The van der Waals surface area contributed by atoms with Crippen LogP contribution in [0.5, 0.6) is 0 Å². The minimum atomic E-state index is -1.11. The first-order chi connectivity index (χ1) is 8.45. The summed E-state index contributed by atoms with van der Waals surface area (Å²) in [5, 5.41) is 12.9. The number of aliphatic hydroxyl groups is 1. The monoisotopic (exact) mass is 268 g/mol. The van der Waals surface area contributed by atoms with Gasteiger partial charge >= 0.3 is 0 Å². The standard InChI is InChI=1S/C13H17ClN2O2/c1-4-16(7(2)3)11-6-10-8(5-9(11)14)12(17)13(18)15-10/h5-7,12,17H,4H2,1-3H3,(H,15,18). The van der Waals surface area contributed by atoms with Crippen molar-refractivity contribution in [3.63, 3.8) is 0 Å². The molecule has 0 fully saturated rings. The van der Waals surface area contributed by atoms with E-state index in [0.29, 0.717) is 22.3 Å². The van der Waals surface area contributed by atoms with E-state index in [0.717, 1.165) is 12.2 Å². The van der Waals surface area contributed by atoms with Crippen LogP contribution in [0.3, 0.4) is 0 Å². The van der Waals surface area contributed by atoms with Crippen molar-refractivity contribution in [2.45, 2.75) is 32.9 Å². The maximum Gasteiger partial charge on any atom is 0.257 e. The van der Waals surface area contributed by atoms with E-state index in [1.807, 2.05) is 6.07 Å². The first-order valence-corrected chi connectivity index (χ1v) is 6.42. The van der Waals surface area contributed by atoms with Crippen LogP contribution in [0.1, 0.15) is 32.4 Å². The number of hydrogen-bond donors (Lipinski definition) is 2. The minimum Gasteiger partial charge on any atom is -0.378 e. The fraction of sp³-hybridized carbons (Fsp3) is 0.462. The van der Waals surface area contributed by atoms with Crippen LogP contribution in [0.15, 0.2) is 12.1 Å². The Bertz CT molecular complexity index is 488. The zero-order chi connectivity index (χ0) is 13.4. The van der Waals surface area contributed by atoms with Crippen molar-refractivity contribution >= 4 is 28.9 Å². The predicted molar refractivity (Wildman–Crippen MR) is 73.2 cm³/mol. The van der Waals surface area contributed by atoms with E-state index in [1.54, 1.807) is 6.07 Å². The van der Waals surface area contributed by atoms with Crippen LogP contribution in [0.25, 0.3) is 0 Å². The van der Waals surface area contributed by atoms with Crippen molar-refractivity contribution in [1.29, 1.82) is 0 Å². The lowest BCUT2D eigenvalue weighted by atomic mass is 10.1. The zero-order valence-corrected chi connectivity index (χ0v) is 11.5. The molecule has 0 saturated carbocycles. The maximum absolute atomic E-state index is 11.4. The number of aliphatic hydroxyl groups excluding tert-OH is 1. The lowest BCUT2D eigenvalue weighted by Crippen LogP contribution is -2.30. The summed E-state index contributed by atoms with van der Waals surface area (Å²) in [5.41, 5.74) is 2.07. The molecule has 1 atom stereocenters. The van der Waals surface area contributed by atoms with Gasteiger partial charge in [-0.1, -0.05) is 11.6 Å². The third kappa shape index (κ3) is 2.06. The van der Waals surface area contributed by atoms with Crippen molar-refractivity contribution in [3.05, 3.63) is 22.7 Å². The van der Waals surface area contributed by atoms with Crippen LogP contribution in [0.4, 0.5) is 11.4 Å². The van der Waals surface area contributed by atoms with Crippen LogP contribution in [-0.2, 0) is 4.79 Å². The molecule has 1 aliphatic rings. The van der Waals surface area contributed by atoms with Crippen molar-refractivity contribution in [2.24, 2.45) is 0 Å². The van der Waals surface area contributed by atoms with Gasteiger partial charge in [-0.3, -0.25) is 4.79 Å². The van der Waals surface area contributed by atoms with Gasteiger partial charge in [-0.15, -0.1) is 0 Å². The topological polar surface area (TPSA) is 52.6 Å². The van der Waals surface area contributed by atoms with Crippen molar-refractivity contribution in [2.75, 3.05) is 16.8 Å². The second-order valence-corrected chi connectivity index (χ2v) is 5.07. The molecule has 18 heavy (non-hydrogen) atoms. The van der Waals surface area contributed by atoms with Crippen molar-refractivity contribution in [1.82, 2.24) is 0 Å². The third-order valence-electron chi connectivity index (χ3n) is 3.19. The Hall–Kier alpha value is -1.26. The Labute approximate surface area is 112 Å². The van der Waals surface area contributed by atoms with Gasteiger partial charge in [0.05, 0.1) is 10.7 Å². The number of nitrogens with zero attached hydrogens (tertiary/aromatic N) is 1. The Morgan fingerprint density at radius 2 is 2.17 bits per heavy atom. The Morgan fingerprint density at radius 1 is 1.50 bits per heavy atom. The molecule has 2 N–H and O–H groups in total. The van der Waals surface area contributed by atoms with E-state index in [2.05, 4.69) is 31.0 Å². The van der Waals surface area contributed by atoms with Gasteiger partial charge in [0.25, 0.3) is 5.91 Å². The van der Waals surface area contributed by atoms with Gasteiger partial charge in [-0.05, 0) is 32.9 Å². The summed E-state index contributed by atoms with van der Waals surface area (Å²) in [6.45, 7) is 7.05. The van der Waals surface area contributed by atoms with E-state index in [9.17, 15) is 9.90 Å². The van der Waals surface area contributed by atoms with E-state index in [-0.39, 0.29) is 0 Å². The highest BCUT2D eigenvalue weighted by atomic mass is 35.5. The highest BCUT2D eigenvalue weighted by molar-refractivity contribution is 6.33. The van der Waals surface area contributed by atoms with Gasteiger partial charge in [-0.2, -0.15) is 0 Å².